The van der Waals surface area contributed by atoms with Gasteiger partial charge in [0.15, 0.2) is 0 Å². The van der Waals surface area contributed by atoms with Crippen LogP contribution in [0.5, 0.6) is 0 Å². The van der Waals surface area contributed by atoms with Crippen molar-refractivity contribution in [2.75, 3.05) is 13.1 Å². The average molecular weight is 416 g/mol. The highest BCUT2D eigenvalue weighted by Gasteiger charge is 2.36. The third kappa shape index (κ3) is 3.61. The number of benzene rings is 1. The van der Waals surface area contributed by atoms with Crippen molar-refractivity contribution in [3.8, 4) is 11.4 Å². The molecule has 1 saturated carbocycles. The number of rotatable bonds is 4. The third-order valence-corrected chi connectivity index (χ3v) is 5.73. The van der Waals surface area contributed by atoms with E-state index >= 15 is 0 Å². The predicted molar refractivity (Wildman–Crippen MR) is 104 cm³/mol. The minimum Gasteiger partial charge on any atom is -0.342 e. The Labute approximate surface area is 161 Å². The summed E-state index contributed by atoms with van der Waals surface area (Å²) >= 11 is 3.45. The third-order valence-electron chi connectivity index (χ3n) is 5.20. The van der Waals surface area contributed by atoms with Crippen LogP contribution >= 0.6 is 15.9 Å². The first-order chi connectivity index (χ1) is 12.5. The van der Waals surface area contributed by atoms with Crippen molar-refractivity contribution in [3.63, 3.8) is 0 Å². The fourth-order valence-electron chi connectivity index (χ4n) is 3.64. The van der Waals surface area contributed by atoms with E-state index in [0.29, 0.717) is 24.2 Å². The minimum atomic E-state index is -0.0256. The van der Waals surface area contributed by atoms with Crippen LogP contribution in [0.15, 0.2) is 39.6 Å². The lowest BCUT2D eigenvalue weighted by Gasteiger charge is -2.18. The molecule has 0 radical (unpaired) electrons. The van der Waals surface area contributed by atoms with Gasteiger partial charge in [-0.2, -0.15) is 0 Å². The zero-order valence-electron chi connectivity index (χ0n) is 14.8. The molecule has 1 aromatic carbocycles. The number of hydrogen-bond acceptors (Lipinski definition) is 3. The van der Waals surface area contributed by atoms with Crippen LogP contribution in [0.2, 0.25) is 0 Å². The fraction of sp³-hybridized carbons (Fsp3) is 0.450. The molecule has 6 heteroatoms. The molecule has 1 aliphatic carbocycles. The number of aromatic nitrogens is 2. The van der Waals surface area contributed by atoms with Gasteiger partial charge in [-0.25, -0.2) is 4.98 Å². The number of halogens is 1. The van der Waals surface area contributed by atoms with Gasteiger partial charge in [-0.3, -0.25) is 14.2 Å². The lowest BCUT2D eigenvalue weighted by atomic mass is 10.1. The quantitative estimate of drug-likeness (QED) is 0.769. The summed E-state index contributed by atoms with van der Waals surface area (Å²) in [4.78, 5) is 31.5. The van der Waals surface area contributed by atoms with Gasteiger partial charge in [-0.05, 0) is 44.2 Å². The Bertz CT molecular complexity index is 887. The predicted octanol–water partition coefficient (Wildman–Crippen LogP) is 3.24. The number of hydrogen-bond donors (Lipinski definition) is 0. The Morgan fingerprint density at radius 1 is 1.23 bits per heavy atom. The topological polar surface area (TPSA) is 55.2 Å². The normalized spacial score (nSPS) is 19.8. The highest BCUT2D eigenvalue weighted by atomic mass is 79.9. The first-order valence-corrected chi connectivity index (χ1v) is 9.94. The van der Waals surface area contributed by atoms with Crippen LogP contribution < -0.4 is 5.56 Å². The molecule has 0 N–H and O–H groups in total. The number of nitrogens with zero attached hydrogens (tertiary/aromatic N) is 3. The Balaban J connectivity index is 1.59. The molecule has 26 heavy (non-hydrogen) atoms. The van der Waals surface area contributed by atoms with Gasteiger partial charge in [-0.15, -0.1) is 0 Å². The summed E-state index contributed by atoms with van der Waals surface area (Å²) in [7, 11) is 0. The van der Waals surface area contributed by atoms with E-state index in [0.717, 1.165) is 48.1 Å². The van der Waals surface area contributed by atoms with Crippen LogP contribution in [0.1, 0.15) is 25.0 Å². The molecule has 2 fully saturated rings. The minimum absolute atomic E-state index is 0.0256. The van der Waals surface area contributed by atoms with Crippen molar-refractivity contribution in [2.45, 2.75) is 32.7 Å². The number of carbonyl (C=O) groups is 1. The average Bonchev–Trinajstić information content (AvgIpc) is 3.36. The molecular formula is C20H22BrN3O2. The van der Waals surface area contributed by atoms with E-state index in [1.54, 1.807) is 10.6 Å². The molecule has 1 atom stereocenters. The van der Waals surface area contributed by atoms with E-state index in [1.807, 2.05) is 36.1 Å². The maximum Gasteiger partial charge on any atom is 0.253 e. The van der Waals surface area contributed by atoms with Crippen molar-refractivity contribution in [1.29, 1.82) is 0 Å². The molecule has 0 spiro atoms. The van der Waals surface area contributed by atoms with Gasteiger partial charge in [0.1, 0.15) is 5.82 Å². The highest BCUT2D eigenvalue weighted by molar-refractivity contribution is 9.10. The van der Waals surface area contributed by atoms with E-state index in [-0.39, 0.29) is 11.5 Å². The molecular weight excluding hydrogens is 394 g/mol. The van der Waals surface area contributed by atoms with E-state index < -0.39 is 0 Å². The molecule has 0 unspecified atom stereocenters. The molecule has 1 aliphatic heterocycles. The van der Waals surface area contributed by atoms with Crippen molar-refractivity contribution < 1.29 is 4.79 Å². The van der Waals surface area contributed by atoms with Crippen molar-refractivity contribution in [2.24, 2.45) is 11.8 Å². The van der Waals surface area contributed by atoms with Crippen LogP contribution in [0.3, 0.4) is 0 Å². The second-order valence-electron chi connectivity index (χ2n) is 7.39. The standard InChI is InChI=1S/C20H22BrN3O2/c1-13-10-18(25)24(19(22-13)15-4-6-17(21)7-5-15)12-14-8-9-23(11-14)20(26)16-2-3-16/h4-7,10,14,16H,2-3,8-9,11-12H2,1H3/t14-/m1/s1. The van der Waals surface area contributed by atoms with Gasteiger partial charge in [0.05, 0.1) is 0 Å². The van der Waals surface area contributed by atoms with Crippen molar-refractivity contribution in [3.05, 3.63) is 50.9 Å². The molecule has 5 nitrogen and oxygen atoms in total. The summed E-state index contributed by atoms with van der Waals surface area (Å²) in [6.45, 7) is 4.00. The summed E-state index contributed by atoms with van der Waals surface area (Å²) < 4.78 is 2.76. The number of aryl methyl sites for hydroxylation is 1. The lowest BCUT2D eigenvalue weighted by Crippen LogP contribution is -2.32. The largest absolute Gasteiger partial charge is 0.342 e. The summed E-state index contributed by atoms with van der Waals surface area (Å²) in [6.07, 6.45) is 3.02. The SMILES string of the molecule is Cc1cc(=O)n(C[C@@H]2CCN(C(=O)C3CC3)C2)c(-c2ccc(Br)cc2)n1. The molecule has 2 heterocycles. The summed E-state index contributed by atoms with van der Waals surface area (Å²) in [5.41, 5.74) is 1.63. The molecule has 0 bridgehead atoms. The highest BCUT2D eigenvalue weighted by Crippen LogP contribution is 2.33. The smallest absolute Gasteiger partial charge is 0.253 e. The second-order valence-corrected chi connectivity index (χ2v) is 8.31. The molecule has 1 amide bonds. The van der Waals surface area contributed by atoms with Crippen LogP contribution in [-0.2, 0) is 11.3 Å². The van der Waals surface area contributed by atoms with Gasteiger partial charge < -0.3 is 4.90 Å². The first-order valence-electron chi connectivity index (χ1n) is 9.14. The van der Waals surface area contributed by atoms with E-state index in [9.17, 15) is 9.59 Å². The van der Waals surface area contributed by atoms with Crippen LogP contribution in [-0.4, -0.2) is 33.4 Å². The monoisotopic (exact) mass is 415 g/mol. The summed E-state index contributed by atoms with van der Waals surface area (Å²) in [5.74, 6) is 1.56. The fourth-order valence-corrected chi connectivity index (χ4v) is 3.91. The van der Waals surface area contributed by atoms with Gasteiger partial charge >= 0.3 is 0 Å². The van der Waals surface area contributed by atoms with E-state index in [2.05, 4.69) is 20.9 Å². The maximum absolute atomic E-state index is 12.7. The summed E-state index contributed by atoms with van der Waals surface area (Å²) in [5, 5.41) is 0. The Kier molecular flexibility index (Phi) is 4.69. The van der Waals surface area contributed by atoms with Crippen LogP contribution in [0, 0.1) is 18.8 Å². The number of likely N-dealkylation sites (tertiary alicyclic amines) is 1. The van der Waals surface area contributed by atoms with Gasteiger partial charge in [0, 0.05) is 47.3 Å². The van der Waals surface area contributed by atoms with Gasteiger partial charge in [-0.1, -0.05) is 28.1 Å². The molecule has 136 valence electrons. The Hall–Kier alpha value is -1.95. The van der Waals surface area contributed by atoms with Crippen molar-refractivity contribution >= 4 is 21.8 Å². The maximum atomic E-state index is 12.7. The molecule has 2 aliphatic rings. The summed E-state index contributed by atoms with van der Waals surface area (Å²) in [6, 6.07) is 9.45. The molecule has 1 saturated heterocycles. The zero-order valence-corrected chi connectivity index (χ0v) is 16.4. The molecule has 4 rings (SSSR count). The van der Waals surface area contributed by atoms with Gasteiger partial charge in [0.2, 0.25) is 5.91 Å². The molecule has 2 aromatic rings. The number of amides is 1. The van der Waals surface area contributed by atoms with Crippen molar-refractivity contribution in [1.82, 2.24) is 14.5 Å². The Morgan fingerprint density at radius 2 is 1.96 bits per heavy atom. The molecule has 1 aromatic heterocycles. The van der Waals surface area contributed by atoms with Gasteiger partial charge in [0.25, 0.3) is 5.56 Å². The number of carbonyl (C=O) groups excluding carboxylic acids is 1. The Morgan fingerprint density at radius 3 is 2.65 bits per heavy atom. The van der Waals surface area contributed by atoms with Crippen LogP contribution in [0.25, 0.3) is 11.4 Å². The van der Waals surface area contributed by atoms with E-state index in [4.69, 9.17) is 0 Å². The van der Waals surface area contributed by atoms with Crippen LogP contribution in [0.4, 0.5) is 0 Å². The lowest BCUT2D eigenvalue weighted by molar-refractivity contribution is -0.131. The zero-order chi connectivity index (χ0) is 18.3. The first kappa shape index (κ1) is 17.5. The van der Waals surface area contributed by atoms with E-state index in [1.165, 1.54) is 0 Å². The second kappa shape index (κ2) is 6.99.